The topological polar surface area (TPSA) is 0 Å². The van der Waals surface area contributed by atoms with Gasteiger partial charge in [-0.15, -0.1) is 26.2 Å². The minimum Gasteiger partial charge on any atom is -0.131 e. The van der Waals surface area contributed by atoms with Gasteiger partial charge in [0.05, 0.1) is 0 Å². The number of unbranched alkanes of at least 4 members (excludes halogenated alkanes) is 5. The third-order valence-corrected chi connectivity index (χ3v) is 5.92. The Morgan fingerprint density at radius 2 is 1.10 bits per heavy atom. The van der Waals surface area contributed by atoms with Crippen molar-refractivity contribution in [3.05, 3.63) is 0 Å². The first-order valence-corrected chi connectivity index (χ1v) is 10.0. The molecule has 0 bridgehead atoms. The average molecular weight is 381 g/mol. The van der Waals surface area contributed by atoms with E-state index < -0.39 is 0 Å². The molecule has 0 aromatic rings. The lowest BCUT2D eigenvalue weighted by molar-refractivity contribution is 0.275. The van der Waals surface area contributed by atoms with Gasteiger partial charge in [0.25, 0.3) is 0 Å². The van der Waals surface area contributed by atoms with Gasteiger partial charge >= 0.3 is 0 Å². The van der Waals surface area contributed by atoms with Gasteiger partial charge in [0.15, 0.2) is 0 Å². The van der Waals surface area contributed by atoms with Crippen LogP contribution in [0.3, 0.4) is 0 Å². The zero-order valence-corrected chi connectivity index (χ0v) is 18.1. The minimum absolute atomic E-state index is 0. The van der Waals surface area contributed by atoms with Crippen LogP contribution in [0.25, 0.3) is 0 Å². The molecule has 2 heteroatoms. The van der Waals surface area contributed by atoms with Gasteiger partial charge in [0.1, 0.15) is 0 Å². The smallest absolute Gasteiger partial charge is 0.0122 e. The first-order chi connectivity index (χ1) is 9.64. The summed E-state index contributed by atoms with van der Waals surface area (Å²) in [4.78, 5) is 0. The maximum atomic E-state index is 3.34. The van der Waals surface area contributed by atoms with Crippen molar-refractivity contribution in [3.63, 3.8) is 0 Å². The van der Waals surface area contributed by atoms with Crippen LogP contribution in [0.15, 0.2) is 0 Å². The summed E-state index contributed by atoms with van der Waals surface area (Å²) in [6.07, 6.45) is 18.3. The molecule has 0 heterocycles. The highest BCUT2D eigenvalue weighted by Gasteiger charge is 2.32. The Morgan fingerprint density at radius 3 is 1.52 bits per heavy atom. The average Bonchev–Trinajstić information content (AvgIpc) is 2.46. The first kappa shape index (κ1) is 24.2. The Hall–Kier alpha value is 0.910. The second-order valence-electron chi connectivity index (χ2n) is 6.78. The molecule has 0 aliphatic rings. The first-order valence-electron chi connectivity index (χ1n) is 9.43. The van der Waals surface area contributed by atoms with E-state index in [1.807, 2.05) is 0 Å². The molecule has 130 valence electrons. The quantitative estimate of drug-likeness (QED) is 0.212. The van der Waals surface area contributed by atoms with Crippen LogP contribution < -0.4 is 0 Å². The molecular formula is C19H42BrP. The maximum Gasteiger partial charge on any atom is -0.0122 e. The molecule has 0 aliphatic carbocycles. The van der Waals surface area contributed by atoms with E-state index in [1.54, 1.807) is 0 Å². The molecule has 0 aliphatic heterocycles. The Balaban J connectivity index is 0. The molecule has 0 aromatic carbocycles. The summed E-state index contributed by atoms with van der Waals surface area (Å²) in [7, 11) is 3.34. The van der Waals surface area contributed by atoms with E-state index in [9.17, 15) is 0 Å². The molecular weight excluding hydrogens is 339 g/mol. The molecule has 2 unspecified atom stereocenters. The fourth-order valence-electron chi connectivity index (χ4n) is 3.36. The van der Waals surface area contributed by atoms with Crippen molar-refractivity contribution in [1.82, 2.24) is 0 Å². The van der Waals surface area contributed by atoms with Gasteiger partial charge in [-0.1, -0.05) is 85.5 Å². The van der Waals surface area contributed by atoms with Crippen LogP contribution in [0, 0.1) is 5.92 Å². The van der Waals surface area contributed by atoms with Crippen molar-refractivity contribution >= 4 is 26.2 Å². The molecule has 0 saturated heterocycles. The third kappa shape index (κ3) is 11.1. The van der Waals surface area contributed by atoms with Crippen LogP contribution in [-0.4, -0.2) is 5.16 Å². The van der Waals surface area contributed by atoms with E-state index in [0.29, 0.717) is 5.16 Å². The van der Waals surface area contributed by atoms with Gasteiger partial charge in [0, 0.05) is 0 Å². The molecule has 0 saturated carbocycles. The maximum absolute atomic E-state index is 3.34. The van der Waals surface area contributed by atoms with Crippen molar-refractivity contribution < 1.29 is 0 Å². The highest BCUT2D eigenvalue weighted by Crippen LogP contribution is 2.43. The fourth-order valence-corrected chi connectivity index (χ4v) is 4.10. The largest absolute Gasteiger partial charge is 0.131 e. The van der Waals surface area contributed by atoms with Gasteiger partial charge < -0.3 is 0 Å². The summed E-state index contributed by atoms with van der Waals surface area (Å²) < 4.78 is 0. The van der Waals surface area contributed by atoms with Crippen LogP contribution in [0.5, 0.6) is 0 Å². The fraction of sp³-hybridized carbons (Fsp3) is 1.00. The van der Waals surface area contributed by atoms with E-state index in [0.717, 1.165) is 5.92 Å². The van der Waals surface area contributed by atoms with Crippen molar-refractivity contribution in [3.8, 4) is 0 Å². The zero-order valence-electron chi connectivity index (χ0n) is 15.3. The van der Waals surface area contributed by atoms with Gasteiger partial charge in [-0.3, -0.25) is 0 Å². The Kier molecular flexibility index (Phi) is 18.2. The molecule has 0 aromatic heterocycles. The summed E-state index contributed by atoms with van der Waals surface area (Å²) in [5.41, 5.74) is 0. The van der Waals surface area contributed by atoms with E-state index in [-0.39, 0.29) is 17.0 Å². The molecule has 21 heavy (non-hydrogen) atoms. The second-order valence-corrected chi connectivity index (χ2v) is 7.93. The van der Waals surface area contributed by atoms with E-state index in [4.69, 9.17) is 0 Å². The SMILES string of the molecule is Br.CCCCCC(CCCC)C(P)(CCCC)CCCC. The molecule has 0 amide bonds. The summed E-state index contributed by atoms with van der Waals surface area (Å²) >= 11 is 0. The predicted molar refractivity (Wildman–Crippen MR) is 109 cm³/mol. The number of rotatable bonds is 14. The molecule has 0 fully saturated rings. The third-order valence-electron chi connectivity index (χ3n) is 4.87. The van der Waals surface area contributed by atoms with E-state index >= 15 is 0 Å². The van der Waals surface area contributed by atoms with Crippen molar-refractivity contribution in [2.45, 2.75) is 116 Å². The summed E-state index contributed by atoms with van der Waals surface area (Å²) in [5.74, 6) is 0.942. The highest BCUT2D eigenvalue weighted by atomic mass is 79.9. The van der Waals surface area contributed by atoms with Gasteiger partial charge in [0.2, 0.25) is 0 Å². The normalized spacial score (nSPS) is 13.0. The predicted octanol–water partition coefficient (Wildman–Crippen LogP) is 7.95. The highest BCUT2D eigenvalue weighted by molar-refractivity contribution is 8.93. The number of hydrogen-bond acceptors (Lipinski definition) is 0. The van der Waals surface area contributed by atoms with Gasteiger partial charge in [-0.05, 0) is 36.8 Å². The molecule has 0 rings (SSSR count). The van der Waals surface area contributed by atoms with Crippen molar-refractivity contribution in [2.75, 3.05) is 0 Å². The standard InChI is InChI=1S/C19H41P.BrH/c1-5-9-13-15-18(14-10-6-2)19(20,16-11-7-3)17-12-8-4;/h18H,5-17,20H2,1-4H3;1H. The lowest BCUT2D eigenvalue weighted by Crippen LogP contribution is -2.32. The van der Waals surface area contributed by atoms with Gasteiger partial charge in [-0.25, -0.2) is 0 Å². The number of hydrogen-bond donors (Lipinski definition) is 0. The lowest BCUT2D eigenvalue weighted by Gasteiger charge is -2.39. The molecule has 0 radical (unpaired) electrons. The summed E-state index contributed by atoms with van der Waals surface area (Å²) in [6, 6.07) is 0. The van der Waals surface area contributed by atoms with Crippen LogP contribution >= 0.6 is 26.2 Å². The lowest BCUT2D eigenvalue weighted by atomic mass is 9.77. The molecule has 2 atom stereocenters. The van der Waals surface area contributed by atoms with Crippen LogP contribution in [0.2, 0.25) is 0 Å². The van der Waals surface area contributed by atoms with Crippen LogP contribution in [0.1, 0.15) is 111 Å². The van der Waals surface area contributed by atoms with Crippen molar-refractivity contribution in [2.24, 2.45) is 5.92 Å². The molecule has 0 spiro atoms. The van der Waals surface area contributed by atoms with Crippen LogP contribution in [-0.2, 0) is 0 Å². The summed E-state index contributed by atoms with van der Waals surface area (Å²) in [6.45, 7) is 9.33. The Labute approximate surface area is 148 Å². The minimum atomic E-state index is 0. The van der Waals surface area contributed by atoms with Crippen molar-refractivity contribution in [1.29, 1.82) is 0 Å². The zero-order chi connectivity index (χ0) is 15.3. The van der Waals surface area contributed by atoms with Gasteiger partial charge in [-0.2, -0.15) is 0 Å². The molecule has 0 N–H and O–H groups in total. The monoisotopic (exact) mass is 380 g/mol. The number of halogens is 1. The van der Waals surface area contributed by atoms with Crippen LogP contribution in [0.4, 0.5) is 0 Å². The summed E-state index contributed by atoms with van der Waals surface area (Å²) in [5, 5.41) is 0.537. The Morgan fingerprint density at radius 1 is 0.667 bits per heavy atom. The van der Waals surface area contributed by atoms with E-state index in [2.05, 4.69) is 36.9 Å². The van der Waals surface area contributed by atoms with E-state index in [1.165, 1.54) is 83.5 Å². The molecule has 0 nitrogen and oxygen atoms in total. The second kappa shape index (κ2) is 15.8. The Bertz CT molecular complexity index is 198.